The minimum atomic E-state index is -0.509. The molecule has 0 atom stereocenters. The van der Waals surface area contributed by atoms with Crippen molar-refractivity contribution in [1.82, 2.24) is 29.5 Å². The van der Waals surface area contributed by atoms with Crippen LogP contribution < -0.4 is 5.73 Å². The van der Waals surface area contributed by atoms with Crippen LogP contribution in [0.5, 0.6) is 0 Å². The number of benzene rings is 1. The Balaban J connectivity index is 1.52. The van der Waals surface area contributed by atoms with Gasteiger partial charge in [-0.1, -0.05) is 23.9 Å². The molecule has 2 N–H and O–H groups in total. The number of esters is 1. The van der Waals surface area contributed by atoms with Gasteiger partial charge in [-0.2, -0.15) is 9.50 Å². The van der Waals surface area contributed by atoms with Gasteiger partial charge < -0.3 is 14.9 Å². The minimum Gasteiger partial charge on any atom is -0.462 e. The molecule has 0 unspecified atom stereocenters. The number of hydrogen-bond acceptors (Lipinski definition) is 10. The fraction of sp³-hybridized carbons (Fsp3) is 0.238. The van der Waals surface area contributed by atoms with Gasteiger partial charge in [0.05, 0.1) is 23.3 Å². The molecule has 0 radical (unpaired) electrons. The Labute approximate surface area is 186 Å². The Hall–Kier alpha value is -3.73. The van der Waals surface area contributed by atoms with Crippen molar-refractivity contribution in [2.75, 3.05) is 12.3 Å². The van der Waals surface area contributed by atoms with E-state index in [0.29, 0.717) is 33.7 Å². The largest absolute Gasteiger partial charge is 0.462 e. The maximum atomic E-state index is 12.3. The number of fused-ring (bicyclic) bond motifs is 4. The Bertz CT molecular complexity index is 1510. The van der Waals surface area contributed by atoms with Gasteiger partial charge in [-0.25, -0.2) is 19.7 Å². The highest BCUT2D eigenvalue weighted by Gasteiger charge is 2.24. The van der Waals surface area contributed by atoms with Gasteiger partial charge in [0.25, 0.3) is 0 Å². The number of thioether (sulfide) groups is 1. The highest BCUT2D eigenvalue weighted by Crippen LogP contribution is 2.31. The maximum Gasteiger partial charge on any atom is 0.342 e. The van der Waals surface area contributed by atoms with Crippen LogP contribution in [-0.2, 0) is 10.5 Å². The number of carbonyl (C=O) groups excluding carboxylic acids is 1. The van der Waals surface area contributed by atoms with Gasteiger partial charge >= 0.3 is 5.97 Å². The lowest BCUT2D eigenvalue weighted by molar-refractivity contribution is 0.0526. The number of nitrogens with zero attached hydrogens (tertiary/aromatic N) is 6. The van der Waals surface area contributed by atoms with Crippen molar-refractivity contribution in [2.24, 2.45) is 0 Å². The average Bonchev–Trinajstić information content (AvgIpc) is 3.31. The van der Waals surface area contributed by atoms with Gasteiger partial charge in [-0.05, 0) is 32.9 Å². The van der Waals surface area contributed by atoms with Gasteiger partial charge in [-0.3, -0.25) is 0 Å². The molecule has 0 saturated carbocycles. The van der Waals surface area contributed by atoms with Crippen LogP contribution in [0.4, 0.5) is 5.82 Å². The summed E-state index contributed by atoms with van der Waals surface area (Å²) in [5.41, 5.74) is 8.25. The first-order valence-corrected chi connectivity index (χ1v) is 10.9. The van der Waals surface area contributed by atoms with Crippen molar-refractivity contribution in [3.05, 3.63) is 47.2 Å². The molecule has 0 aliphatic carbocycles. The van der Waals surface area contributed by atoms with Gasteiger partial charge in [-0.15, -0.1) is 5.10 Å². The summed E-state index contributed by atoms with van der Waals surface area (Å²) in [5, 5.41) is 6.43. The summed E-state index contributed by atoms with van der Waals surface area (Å²) in [6.45, 7) is 5.49. The second kappa shape index (κ2) is 7.75. The van der Waals surface area contributed by atoms with E-state index < -0.39 is 5.97 Å². The normalized spacial score (nSPS) is 11.6. The van der Waals surface area contributed by atoms with Crippen LogP contribution in [0.3, 0.4) is 0 Å². The molecule has 10 nitrogen and oxygen atoms in total. The van der Waals surface area contributed by atoms with Crippen LogP contribution in [-0.4, -0.2) is 42.1 Å². The molecule has 0 amide bonds. The van der Waals surface area contributed by atoms with E-state index in [9.17, 15) is 4.79 Å². The minimum absolute atomic E-state index is 0.165. The molecule has 4 aromatic heterocycles. The van der Waals surface area contributed by atoms with Gasteiger partial charge in [0, 0.05) is 5.39 Å². The van der Waals surface area contributed by atoms with Crippen molar-refractivity contribution in [1.29, 1.82) is 0 Å². The first-order chi connectivity index (χ1) is 15.5. The molecular formula is C21H19N7O3S. The molecule has 0 fully saturated rings. The predicted octanol–water partition coefficient (Wildman–Crippen LogP) is 3.48. The maximum absolute atomic E-state index is 12.3. The summed E-state index contributed by atoms with van der Waals surface area (Å²) >= 11 is 1.41. The van der Waals surface area contributed by atoms with E-state index >= 15 is 0 Å². The number of carbonyl (C=O) groups is 1. The monoisotopic (exact) mass is 449 g/mol. The van der Waals surface area contributed by atoms with Crippen LogP contribution >= 0.6 is 11.8 Å². The summed E-state index contributed by atoms with van der Waals surface area (Å²) in [5.74, 6) is 1.52. The van der Waals surface area contributed by atoms with Crippen molar-refractivity contribution >= 4 is 51.2 Å². The van der Waals surface area contributed by atoms with E-state index in [1.54, 1.807) is 18.4 Å². The summed E-state index contributed by atoms with van der Waals surface area (Å²) in [4.78, 5) is 30.4. The summed E-state index contributed by atoms with van der Waals surface area (Å²) in [6, 6.07) is 7.79. The second-order valence-corrected chi connectivity index (χ2v) is 8.00. The molecule has 4 heterocycles. The van der Waals surface area contributed by atoms with Crippen LogP contribution in [0.15, 0.2) is 33.8 Å². The topological polar surface area (TPSA) is 134 Å². The average molecular weight is 449 g/mol. The fourth-order valence-electron chi connectivity index (χ4n) is 3.55. The number of hydrogen-bond donors (Lipinski definition) is 1. The quantitative estimate of drug-likeness (QED) is 0.241. The number of ether oxygens (including phenoxy) is 1. The first kappa shape index (κ1) is 20.2. The molecule has 0 saturated heterocycles. The zero-order valence-corrected chi connectivity index (χ0v) is 18.4. The predicted molar refractivity (Wildman–Crippen MR) is 119 cm³/mol. The SMILES string of the molecule is CCOC(=O)c1c(C)oc2nc(CSc3nc4ccccc4c4nc(C)nn34)nc(N)c12. The fourth-order valence-corrected chi connectivity index (χ4v) is 4.35. The number of rotatable bonds is 5. The van der Waals surface area contributed by atoms with Gasteiger partial charge in [0.15, 0.2) is 10.8 Å². The molecule has 0 aliphatic heterocycles. The molecule has 162 valence electrons. The number of para-hydroxylation sites is 1. The summed E-state index contributed by atoms with van der Waals surface area (Å²) < 4.78 is 12.5. The van der Waals surface area contributed by atoms with E-state index in [2.05, 4.69) is 20.1 Å². The first-order valence-electron chi connectivity index (χ1n) is 9.93. The molecule has 11 heteroatoms. The zero-order valence-electron chi connectivity index (χ0n) is 17.6. The third kappa shape index (κ3) is 3.30. The van der Waals surface area contributed by atoms with Crippen molar-refractivity contribution in [3.63, 3.8) is 0 Å². The molecular weight excluding hydrogens is 430 g/mol. The summed E-state index contributed by atoms with van der Waals surface area (Å²) in [7, 11) is 0. The molecule has 0 aliphatic rings. The summed E-state index contributed by atoms with van der Waals surface area (Å²) in [6.07, 6.45) is 0. The zero-order chi connectivity index (χ0) is 22.4. The number of aryl methyl sites for hydroxylation is 2. The number of aromatic nitrogens is 6. The molecule has 1 aromatic carbocycles. The Kier molecular flexibility index (Phi) is 4.89. The molecule has 5 aromatic rings. The highest BCUT2D eigenvalue weighted by atomic mass is 32.2. The molecule has 0 bridgehead atoms. The number of furan rings is 1. The van der Waals surface area contributed by atoms with E-state index in [0.717, 1.165) is 16.6 Å². The Morgan fingerprint density at radius 2 is 2.00 bits per heavy atom. The lowest BCUT2D eigenvalue weighted by atomic mass is 10.2. The molecule has 0 spiro atoms. The van der Waals surface area contributed by atoms with Crippen molar-refractivity contribution in [2.45, 2.75) is 31.7 Å². The lowest BCUT2D eigenvalue weighted by Crippen LogP contribution is -2.07. The number of anilines is 1. The third-order valence-electron chi connectivity index (χ3n) is 4.87. The van der Waals surface area contributed by atoms with E-state index in [1.165, 1.54) is 11.8 Å². The Morgan fingerprint density at radius 1 is 1.19 bits per heavy atom. The third-order valence-corrected chi connectivity index (χ3v) is 5.79. The smallest absolute Gasteiger partial charge is 0.342 e. The van der Waals surface area contributed by atoms with Gasteiger partial charge in [0.1, 0.15) is 28.8 Å². The molecule has 32 heavy (non-hydrogen) atoms. The van der Waals surface area contributed by atoms with Crippen molar-refractivity contribution in [3.8, 4) is 0 Å². The number of nitrogens with two attached hydrogens (primary N) is 1. The number of nitrogen functional groups attached to an aromatic ring is 1. The van der Waals surface area contributed by atoms with Gasteiger partial charge in [0.2, 0.25) is 5.71 Å². The highest BCUT2D eigenvalue weighted by molar-refractivity contribution is 7.98. The standard InChI is InChI=1S/C21H19N7O3S/c1-4-30-20(29)15-10(2)31-19-16(15)17(22)25-14(26-19)9-32-21-24-13-8-6-5-7-12(13)18-23-11(3)27-28(18)21/h5-8H,4,9H2,1-3H3,(H2,22,25,26). The van der Waals surface area contributed by atoms with E-state index in [4.69, 9.17) is 19.9 Å². The van der Waals surface area contributed by atoms with Crippen LogP contribution in [0, 0.1) is 13.8 Å². The van der Waals surface area contributed by atoms with Crippen LogP contribution in [0.1, 0.15) is 34.7 Å². The second-order valence-electron chi connectivity index (χ2n) is 7.05. The van der Waals surface area contributed by atoms with Crippen molar-refractivity contribution < 1.29 is 13.9 Å². The molecule has 5 rings (SSSR count). The van der Waals surface area contributed by atoms with Crippen LogP contribution in [0.2, 0.25) is 0 Å². The van der Waals surface area contributed by atoms with E-state index in [1.807, 2.05) is 31.2 Å². The van der Waals surface area contributed by atoms with E-state index in [-0.39, 0.29) is 23.7 Å². The lowest BCUT2D eigenvalue weighted by Gasteiger charge is -2.06. The van der Waals surface area contributed by atoms with Crippen LogP contribution in [0.25, 0.3) is 27.6 Å². The Morgan fingerprint density at radius 3 is 2.81 bits per heavy atom.